The summed E-state index contributed by atoms with van der Waals surface area (Å²) in [5.41, 5.74) is 1.94. The standard InChI is InChI=1S/C22H30N2O3/c1-4-19-11-12-21(27-19)20-16-26-14-13-24(20)22(25)18-9-7-17(8-10-18)15-23(5-2)6-3/h7-12,20H,4-6,13-16H2,1-3H3. The van der Waals surface area contributed by atoms with Crippen LogP contribution in [0, 0.1) is 0 Å². The maximum absolute atomic E-state index is 13.1. The predicted molar refractivity (Wildman–Crippen MR) is 106 cm³/mol. The van der Waals surface area contributed by atoms with E-state index >= 15 is 0 Å². The second kappa shape index (κ2) is 9.20. The van der Waals surface area contributed by atoms with Crippen LogP contribution in [0.25, 0.3) is 0 Å². The zero-order chi connectivity index (χ0) is 19.2. The Labute approximate surface area is 161 Å². The lowest BCUT2D eigenvalue weighted by molar-refractivity contribution is -0.00901. The fraction of sp³-hybridized carbons (Fsp3) is 0.500. The topological polar surface area (TPSA) is 45.9 Å². The second-order valence-corrected chi connectivity index (χ2v) is 6.91. The first-order valence-electron chi connectivity index (χ1n) is 9.94. The Balaban J connectivity index is 1.74. The van der Waals surface area contributed by atoms with Crippen LogP contribution < -0.4 is 0 Å². The Morgan fingerprint density at radius 1 is 1.11 bits per heavy atom. The van der Waals surface area contributed by atoms with Crippen molar-refractivity contribution in [2.45, 2.75) is 39.8 Å². The van der Waals surface area contributed by atoms with Gasteiger partial charge in [0.25, 0.3) is 5.91 Å². The number of morpholine rings is 1. The van der Waals surface area contributed by atoms with Gasteiger partial charge in [-0.2, -0.15) is 0 Å². The van der Waals surface area contributed by atoms with Gasteiger partial charge < -0.3 is 14.1 Å². The van der Waals surface area contributed by atoms with E-state index in [2.05, 4.69) is 37.8 Å². The number of ether oxygens (including phenoxy) is 1. The van der Waals surface area contributed by atoms with Gasteiger partial charge >= 0.3 is 0 Å². The van der Waals surface area contributed by atoms with Gasteiger partial charge in [0.1, 0.15) is 17.6 Å². The zero-order valence-electron chi connectivity index (χ0n) is 16.6. The molecule has 1 amide bonds. The molecule has 2 heterocycles. The molecule has 0 aliphatic carbocycles. The Bertz CT molecular complexity index is 734. The van der Waals surface area contributed by atoms with Crippen molar-refractivity contribution in [2.75, 3.05) is 32.8 Å². The fourth-order valence-corrected chi connectivity index (χ4v) is 3.47. The van der Waals surface area contributed by atoms with Crippen LogP contribution in [0.2, 0.25) is 0 Å². The average Bonchev–Trinajstić information content (AvgIpc) is 3.21. The van der Waals surface area contributed by atoms with Crippen molar-refractivity contribution in [3.05, 3.63) is 59.0 Å². The van der Waals surface area contributed by atoms with Gasteiger partial charge in [-0.25, -0.2) is 0 Å². The van der Waals surface area contributed by atoms with E-state index in [9.17, 15) is 4.79 Å². The molecule has 0 N–H and O–H groups in total. The molecular formula is C22H30N2O3. The Morgan fingerprint density at radius 3 is 2.48 bits per heavy atom. The van der Waals surface area contributed by atoms with Crippen LogP contribution >= 0.6 is 0 Å². The zero-order valence-corrected chi connectivity index (χ0v) is 16.6. The number of furan rings is 1. The van der Waals surface area contributed by atoms with Crippen LogP contribution in [0.15, 0.2) is 40.8 Å². The molecule has 0 spiro atoms. The molecule has 1 saturated heterocycles. The third-order valence-corrected chi connectivity index (χ3v) is 5.25. The summed E-state index contributed by atoms with van der Waals surface area (Å²) in [6, 6.07) is 11.8. The highest BCUT2D eigenvalue weighted by molar-refractivity contribution is 5.94. The normalized spacial score (nSPS) is 17.5. The molecule has 0 saturated carbocycles. The number of nitrogens with zero attached hydrogens (tertiary/aromatic N) is 2. The number of benzene rings is 1. The summed E-state index contributed by atoms with van der Waals surface area (Å²) in [4.78, 5) is 17.4. The maximum atomic E-state index is 13.1. The molecule has 0 bridgehead atoms. The highest BCUT2D eigenvalue weighted by Crippen LogP contribution is 2.28. The molecule has 1 fully saturated rings. The van der Waals surface area contributed by atoms with Gasteiger partial charge in [-0.05, 0) is 42.9 Å². The van der Waals surface area contributed by atoms with Crippen LogP contribution in [-0.2, 0) is 17.7 Å². The van der Waals surface area contributed by atoms with Gasteiger partial charge in [0, 0.05) is 25.1 Å². The minimum absolute atomic E-state index is 0.0344. The number of rotatable bonds is 7. The Hall–Kier alpha value is -2.11. The fourth-order valence-electron chi connectivity index (χ4n) is 3.47. The van der Waals surface area contributed by atoms with Gasteiger partial charge in [-0.1, -0.05) is 32.9 Å². The minimum atomic E-state index is -0.165. The van der Waals surface area contributed by atoms with Gasteiger partial charge in [-0.15, -0.1) is 0 Å². The van der Waals surface area contributed by atoms with Crippen LogP contribution in [0.1, 0.15) is 54.3 Å². The maximum Gasteiger partial charge on any atom is 0.254 e. The van der Waals surface area contributed by atoms with Gasteiger partial charge in [0.2, 0.25) is 0 Å². The highest BCUT2D eigenvalue weighted by atomic mass is 16.5. The molecule has 27 heavy (non-hydrogen) atoms. The number of amides is 1. The Morgan fingerprint density at radius 2 is 1.85 bits per heavy atom. The van der Waals surface area contributed by atoms with Crippen LogP contribution in [0.5, 0.6) is 0 Å². The van der Waals surface area contributed by atoms with Crippen molar-refractivity contribution in [2.24, 2.45) is 0 Å². The molecule has 1 aromatic heterocycles. The van der Waals surface area contributed by atoms with E-state index < -0.39 is 0 Å². The Kier molecular flexibility index (Phi) is 6.69. The van der Waals surface area contributed by atoms with E-state index in [-0.39, 0.29) is 11.9 Å². The van der Waals surface area contributed by atoms with E-state index in [4.69, 9.17) is 9.15 Å². The summed E-state index contributed by atoms with van der Waals surface area (Å²) in [5, 5.41) is 0. The summed E-state index contributed by atoms with van der Waals surface area (Å²) < 4.78 is 11.5. The summed E-state index contributed by atoms with van der Waals surface area (Å²) in [5.74, 6) is 1.77. The van der Waals surface area contributed by atoms with E-state index in [0.29, 0.717) is 25.3 Å². The first-order chi connectivity index (χ1) is 13.2. The van der Waals surface area contributed by atoms with Crippen molar-refractivity contribution in [3.63, 3.8) is 0 Å². The predicted octanol–water partition coefficient (Wildman–Crippen LogP) is 3.90. The van der Waals surface area contributed by atoms with Crippen LogP contribution in [0.3, 0.4) is 0 Å². The average molecular weight is 370 g/mol. The SMILES string of the molecule is CCc1ccc(C2COCCN2C(=O)c2ccc(CN(CC)CC)cc2)o1. The van der Waals surface area contributed by atoms with E-state index in [1.165, 1.54) is 5.56 Å². The van der Waals surface area contributed by atoms with E-state index in [0.717, 1.165) is 37.6 Å². The molecule has 5 nitrogen and oxygen atoms in total. The van der Waals surface area contributed by atoms with Gasteiger partial charge in [0.05, 0.1) is 13.2 Å². The first kappa shape index (κ1) is 19.6. The van der Waals surface area contributed by atoms with Crippen molar-refractivity contribution < 1.29 is 13.9 Å². The largest absolute Gasteiger partial charge is 0.464 e. The lowest BCUT2D eigenvalue weighted by atomic mass is 10.1. The number of hydrogen-bond donors (Lipinski definition) is 0. The molecule has 2 aromatic rings. The van der Waals surface area contributed by atoms with Crippen molar-refractivity contribution in [1.29, 1.82) is 0 Å². The van der Waals surface area contributed by atoms with Crippen LogP contribution in [-0.4, -0.2) is 48.6 Å². The molecule has 1 aliphatic heterocycles. The number of carbonyl (C=O) groups excluding carboxylic acids is 1. The quantitative estimate of drug-likeness (QED) is 0.742. The summed E-state index contributed by atoms with van der Waals surface area (Å²) >= 11 is 0. The molecule has 3 rings (SSSR count). The first-order valence-corrected chi connectivity index (χ1v) is 9.94. The van der Waals surface area contributed by atoms with Gasteiger partial charge in [-0.3, -0.25) is 9.69 Å². The molecule has 1 aromatic carbocycles. The van der Waals surface area contributed by atoms with E-state index in [1.54, 1.807) is 0 Å². The molecule has 1 atom stereocenters. The second-order valence-electron chi connectivity index (χ2n) is 6.91. The molecule has 1 unspecified atom stereocenters. The number of carbonyl (C=O) groups is 1. The van der Waals surface area contributed by atoms with Gasteiger partial charge in [0.15, 0.2) is 0 Å². The molecule has 146 valence electrons. The smallest absolute Gasteiger partial charge is 0.254 e. The van der Waals surface area contributed by atoms with Crippen molar-refractivity contribution in [3.8, 4) is 0 Å². The van der Waals surface area contributed by atoms with Crippen molar-refractivity contribution in [1.82, 2.24) is 9.80 Å². The lowest BCUT2D eigenvalue weighted by Gasteiger charge is -2.34. The molecule has 5 heteroatoms. The van der Waals surface area contributed by atoms with E-state index in [1.807, 2.05) is 29.2 Å². The molecule has 0 radical (unpaired) electrons. The third kappa shape index (κ3) is 4.60. The van der Waals surface area contributed by atoms with Crippen LogP contribution in [0.4, 0.5) is 0 Å². The molecular weight excluding hydrogens is 340 g/mol. The third-order valence-electron chi connectivity index (χ3n) is 5.25. The minimum Gasteiger partial charge on any atom is -0.464 e. The highest BCUT2D eigenvalue weighted by Gasteiger charge is 2.31. The summed E-state index contributed by atoms with van der Waals surface area (Å²) in [6.07, 6.45) is 0.843. The summed E-state index contributed by atoms with van der Waals surface area (Å²) in [7, 11) is 0. The monoisotopic (exact) mass is 370 g/mol. The van der Waals surface area contributed by atoms with Crippen molar-refractivity contribution >= 4 is 5.91 Å². The number of aryl methyl sites for hydroxylation is 1. The molecule has 1 aliphatic rings. The number of hydrogen-bond acceptors (Lipinski definition) is 4. The lowest BCUT2D eigenvalue weighted by Crippen LogP contribution is -2.43. The summed E-state index contributed by atoms with van der Waals surface area (Å²) in [6.45, 7) is 11.0.